The fourth-order valence-corrected chi connectivity index (χ4v) is 2.36. The van der Waals surface area contributed by atoms with Crippen molar-refractivity contribution >= 4 is 16.6 Å². The minimum Gasteiger partial charge on any atom is -0.496 e. The molecule has 6 nitrogen and oxygen atoms in total. The molecule has 3 rings (SSSR count). The fraction of sp³-hybridized carbons (Fsp3) is 0.0625. The summed E-state index contributed by atoms with van der Waals surface area (Å²) in [6.07, 6.45) is 0. The number of aromatic amines is 1. The van der Waals surface area contributed by atoms with Gasteiger partial charge in [-0.05, 0) is 23.6 Å². The molecule has 0 saturated heterocycles. The van der Waals surface area contributed by atoms with Crippen LogP contribution in [0.4, 0.5) is 5.69 Å². The zero-order valence-electron chi connectivity index (χ0n) is 11.7. The van der Waals surface area contributed by atoms with Crippen LogP contribution in [0, 0.1) is 10.1 Å². The van der Waals surface area contributed by atoms with Crippen LogP contribution in [-0.2, 0) is 0 Å². The molecular weight excluding hydrogens is 284 g/mol. The summed E-state index contributed by atoms with van der Waals surface area (Å²) in [6, 6.07) is 13.3. The average molecular weight is 296 g/mol. The first-order chi connectivity index (χ1) is 10.6. The second-order valence-electron chi connectivity index (χ2n) is 4.74. The van der Waals surface area contributed by atoms with E-state index in [0.29, 0.717) is 11.1 Å². The van der Waals surface area contributed by atoms with Gasteiger partial charge in [-0.25, -0.2) is 0 Å². The van der Waals surface area contributed by atoms with E-state index in [4.69, 9.17) is 4.74 Å². The van der Waals surface area contributed by atoms with Crippen LogP contribution in [0.5, 0.6) is 5.75 Å². The summed E-state index contributed by atoms with van der Waals surface area (Å²) in [5, 5.41) is 11.7. The quantitative estimate of drug-likeness (QED) is 0.594. The monoisotopic (exact) mass is 296 g/mol. The second kappa shape index (κ2) is 5.33. The van der Waals surface area contributed by atoms with E-state index in [1.54, 1.807) is 6.07 Å². The van der Waals surface area contributed by atoms with Gasteiger partial charge in [0.15, 0.2) is 0 Å². The Bertz CT molecular complexity index is 931. The number of pyridine rings is 1. The van der Waals surface area contributed by atoms with Gasteiger partial charge in [-0.15, -0.1) is 0 Å². The van der Waals surface area contributed by atoms with Crippen molar-refractivity contribution in [1.29, 1.82) is 0 Å². The minimum absolute atomic E-state index is 0.0854. The van der Waals surface area contributed by atoms with Crippen LogP contribution in [0.1, 0.15) is 0 Å². The number of nitrogens with zero attached hydrogens (tertiary/aromatic N) is 1. The Labute approximate surface area is 125 Å². The summed E-state index contributed by atoms with van der Waals surface area (Å²) >= 11 is 0. The van der Waals surface area contributed by atoms with Crippen LogP contribution in [0.2, 0.25) is 0 Å². The number of H-pyrrole nitrogens is 1. The lowest BCUT2D eigenvalue weighted by molar-refractivity contribution is -0.384. The lowest BCUT2D eigenvalue weighted by atomic mass is 10.0. The molecular formula is C16H12N2O4. The highest BCUT2D eigenvalue weighted by atomic mass is 16.6. The van der Waals surface area contributed by atoms with E-state index in [9.17, 15) is 14.9 Å². The first kappa shape index (κ1) is 13.8. The van der Waals surface area contributed by atoms with Crippen molar-refractivity contribution in [1.82, 2.24) is 4.98 Å². The van der Waals surface area contributed by atoms with E-state index in [-0.39, 0.29) is 17.0 Å². The zero-order chi connectivity index (χ0) is 15.7. The molecule has 0 atom stereocenters. The van der Waals surface area contributed by atoms with Gasteiger partial charge >= 0.3 is 0 Å². The summed E-state index contributed by atoms with van der Waals surface area (Å²) in [5.41, 5.74) is 1.30. The molecule has 0 aliphatic heterocycles. The van der Waals surface area contributed by atoms with Crippen LogP contribution < -0.4 is 10.3 Å². The third-order valence-electron chi connectivity index (χ3n) is 3.44. The van der Waals surface area contributed by atoms with Crippen LogP contribution in [0.15, 0.2) is 53.3 Å². The van der Waals surface area contributed by atoms with Crippen molar-refractivity contribution in [2.24, 2.45) is 0 Å². The van der Waals surface area contributed by atoms with Crippen molar-refractivity contribution in [3.8, 4) is 16.9 Å². The Morgan fingerprint density at radius 1 is 1.09 bits per heavy atom. The Kier molecular flexibility index (Phi) is 3.34. The van der Waals surface area contributed by atoms with E-state index in [1.165, 1.54) is 25.3 Å². The maximum absolute atomic E-state index is 12.3. The summed E-state index contributed by atoms with van der Waals surface area (Å²) in [7, 11) is 1.41. The van der Waals surface area contributed by atoms with Crippen molar-refractivity contribution in [3.63, 3.8) is 0 Å². The Morgan fingerprint density at radius 2 is 1.86 bits per heavy atom. The number of para-hydroxylation sites is 1. The number of hydrogen-bond acceptors (Lipinski definition) is 4. The SMILES string of the molecule is COc1cc([N+](=O)[O-])ccc1-c1cc2ccccc2[nH]c1=O. The number of rotatable bonds is 3. The molecule has 1 aromatic heterocycles. The third-order valence-corrected chi connectivity index (χ3v) is 3.44. The molecule has 0 amide bonds. The lowest BCUT2D eigenvalue weighted by Crippen LogP contribution is -2.09. The number of nitro benzene ring substituents is 1. The topological polar surface area (TPSA) is 85.2 Å². The molecule has 6 heteroatoms. The Morgan fingerprint density at radius 3 is 2.59 bits per heavy atom. The van der Waals surface area contributed by atoms with Crippen LogP contribution >= 0.6 is 0 Å². The average Bonchev–Trinajstić information content (AvgIpc) is 2.53. The van der Waals surface area contributed by atoms with E-state index >= 15 is 0 Å². The van der Waals surface area contributed by atoms with Gasteiger partial charge in [0.2, 0.25) is 0 Å². The molecule has 0 aliphatic rings. The standard InChI is InChI=1S/C16H12N2O4/c1-22-15-9-11(18(20)21)6-7-12(15)13-8-10-4-2-3-5-14(10)17-16(13)19/h2-9H,1H3,(H,17,19). The molecule has 1 N–H and O–H groups in total. The molecule has 0 bridgehead atoms. The predicted octanol–water partition coefficient (Wildman–Crippen LogP) is 3.11. The summed E-state index contributed by atoms with van der Waals surface area (Å²) in [6.45, 7) is 0. The van der Waals surface area contributed by atoms with Gasteiger partial charge in [-0.1, -0.05) is 18.2 Å². The van der Waals surface area contributed by atoms with Crippen LogP contribution in [0.25, 0.3) is 22.0 Å². The molecule has 0 spiro atoms. The van der Waals surface area contributed by atoms with Gasteiger partial charge in [0.25, 0.3) is 11.2 Å². The van der Waals surface area contributed by atoms with Gasteiger partial charge in [-0.3, -0.25) is 14.9 Å². The molecule has 2 aromatic carbocycles. The van der Waals surface area contributed by atoms with Gasteiger partial charge in [0, 0.05) is 17.1 Å². The van der Waals surface area contributed by atoms with Gasteiger partial charge in [0.1, 0.15) is 5.75 Å². The zero-order valence-corrected chi connectivity index (χ0v) is 11.7. The highest BCUT2D eigenvalue weighted by Gasteiger charge is 2.15. The summed E-state index contributed by atoms with van der Waals surface area (Å²) in [5.74, 6) is 0.287. The molecule has 1 heterocycles. The van der Waals surface area contributed by atoms with E-state index < -0.39 is 4.92 Å². The molecule has 22 heavy (non-hydrogen) atoms. The number of nitrogens with one attached hydrogen (secondary N) is 1. The Hall–Kier alpha value is -3.15. The first-order valence-corrected chi connectivity index (χ1v) is 6.55. The smallest absolute Gasteiger partial charge is 0.273 e. The maximum atomic E-state index is 12.3. The van der Waals surface area contributed by atoms with E-state index in [2.05, 4.69) is 4.98 Å². The van der Waals surface area contributed by atoms with Crippen molar-refractivity contribution in [2.75, 3.05) is 7.11 Å². The largest absolute Gasteiger partial charge is 0.496 e. The molecule has 110 valence electrons. The lowest BCUT2D eigenvalue weighted by Gasteiger charge is -2.08. The number of nitro groups is 1. The fourth-order valence-electron chi connectivity index (χ4n) is 2.36. The van der Waals surface area contributed by atoms with Crippen molar-refractivity contribution in [2.45, 2.75) is 0 Å². The van der Waals surface area contributed by atoms with Crippen LogP contribution in [0.3, 0.4) is 0 Å². The molecule has 0 aliphatic carbocycles. The Balaban J connectivity index is 2.24. The molecule has 3 aromatic rings. The molecule has 0 unspecified atom stereocenters. The van der Waals surface area contributed by atoms with Gasteiger partial charge in [0.05, 0.1) is 23.7 Å². The summed E-state index contributed by atoms with van der Waals surface area (Å²) < 4.78 is 5.20. The number of non-ortho nitro benzene ring substituents is 1. The van der Waals surface area contributed by atoms with Gasteiger partial charge in [-0.2, -0.15) is 0 Å². The first-order valence-electron chi connectivity index (χ1n) is 6.55. The third kappa shape index (κ3) is 2.31. The maximum Gasteiger partial charge on any atom is 0.273 e. The normalized spacial score (nSPS) is 10.6. The highest BCUT2D eigenvalue weighted by molar-refractivity contribution is 5.84. The van der Waals surface area contributed by atoms with E-state index in [0.717, 1.165) is 10.9 Å². The highest BCUT2D eigenvalue weighted by Crippen LogP contribution is 2.32. The number of methoxy groups -OCH3 is 1. The number of fused-ring (bicyclic) bond motifs is 1. The predicted molar refractivity (Wildman–Crippen MR) is 83.2 cm³/mol. The molecule has 0 saturated carbocycles. The molecule has 0 radical (unpaired) electrons. The molecule has 0 fully saturated rings. The van der Waals surface area contributed by atoms with E-state index in [1.807, 2.05) is 24.3 Å². The van der Waals surface area contributed by atoms with Crippen molar-refractivity contribution in [3.05, 3.63) is 69.0 Å². The van der Waals surface area contributed by atoms with Crippen molar-refractivity contribution < 1.29 is 9.66 Å². The number of benzene rings is 2. The number of ether oxygens (including phenoxy) is 1. The second-order valence-corrected chi connectivity index (χ2v) is 4.74. The number of aromatic nitrogens is 1. The summed E-state index contributed by atoms with van der Waals surface area (Å²) in [4.78, 5) is 25.4. The van der Waals surface area contributed by atoms with Crippen LogP contribution in [-0.4, -0.2) is 17.0 Å². The minimum atomic E-state index is -0.503. The number of hydrogen-bond donors (Lipinski definition) is 1. The van der Waals surface area contributed by atoms with Gasteiger partial charge < -0.3 is 9.72 Å².